The number of allylic oxidation sites excluding steroid dienone is 2. The first kappa shape index (κ1) is 19.6. The van der Waals surface area contributed by atoms with Gasteiger partial charge in [0.1, 0.15) is 6.04 Å². The van der Waals surface area contributed by atoms with Gasteiger partial charge in [-0.05, 0) is 31.0 Å². The number of aromatic nitrogens is 3. The van der Waals surface area contributed by atoms with E-state index in [1.807, 2.05) is 42.5 Å². The monoisotopic (exact) mass is 436 g/mol. The van der Waals surface area contributed by atoms with Gasteiger partial charge in [-0.25, -0.2) is 4.68 Å². The molecule has 2 heterocycles. The normalized spacial score (nSPS) is 17.6. The molecule has 2 aromatic carbocycles. The van der Waals surface area contributed by atoms with Crippen LogP contribution in [0.25, 0.3) is 11.4 Å². The first-order valence-corrected chi connectivity index (χ1v) is 10.4. The number of carbonyl (C=O) groups is 1. The van der Waals surface area contributed by atoms with Crippen LogP contribution < -0.4 is 14.8 Å². The number of nitrogens with one attached hydrogen (secondary N) is 1. The number of ether oxygens (including phenoxy) is 2. The molecule has 0 saturated carbocycles. The zero-order valence-electron chi connectivity index (χ0n) is 17.2. The average Bonchev–Trinajstić information content (AvgIpc) is 3.21. The third-order valence-electron chi connectivity index (χ3n) is 5.68. The Kier molecular flexibility index (Phi) is 4.90. The average molecular weight is 437 g/mol. The Morgan fingerprint density at radius 1 is 1.13 bits per heavy atom. The van der Waals surface area contributed by atoms with Crippen molar-refractivity contribution in [3.8, 4) is 22.9 Å². The van der Waals surface area contributed by atoms with Gasteiger partial charge in [0.05, 0.1) is 14.2 Å². The summed E-state index contributed by atoms with van der Waals surface area (Å²) in [5.41, 5.74) is 3.20. The van der Waals surface area contributed by atoms with E-state index in [-0.39, 0.29) is 5.78 Å². The lowest BCUT2D eigenvalue weighted by molar-refractivity contribution is -0.116. The molecule has 158 valence electrons. The molecule has 1 atom stereocenters. The van der Waals surface area contributed by atoms with E-state index in [9.17, 15) is 4.79 Å². The van der Waals surface area contributed by atoms with E-state index >= 15 is 0 Å². The quantitative estimate of drug-likeness (QED) is 0.642. The molecule has 31 heavy (non-hydrogen) atoms. The molecule has 0 bridgehead atoms. The lowest BCUT2D eigenvalue weighted by atomic mass is 9.85. The van der Waals surface area contributed by atoms with Crippen molar-refractivity contribution in [1.29, 1.82) is 0 Å². The van der Waals surface area contributed by atoms with Crippen molar-refractivity contribution in [2.45, 2.75) is 25.3 Å². The molecule has 2 aliphatic rings. The van der Waals surface area contributed by atoms with Crippen molar-refractivity contribution in [3.63, 3.8) is 0 Å². The molecule has 0 amide bonds. The molecule has 0 spiro atoms. The number of Topliss-reactive ketones (excluding diaryl/α,β-unsaturated/α-hetero) is 1. The summed E-state index contributed by atoms with van der Waals surface area (Å²) < 4.78 is 13.0. The highest BCUT2D eigenvalue weighted by atomic mass is 35.5. The Balaban J connectivity index is 1.73. The largest absolute Gasteiger partial charge is 0.493 e. The summed E-state index contributed by atoms with van der Waals surface area (Å²) in [6.45, 7) is 0. The van der Waals surface area contributed by atoms with Crippen molar-refractivity contribution in [2.75, 3.05) is 19.5 Å². The Morgan fingerprint density at radius 2 is 1.97 bits per heavy atom. The minimum Gasteiger partial charge on any atom is -0.493 e. The van der Waals surface area contributed by atoms with Gasteiger partial charge in [0.15, 0.2) is 23.1 Å². The number of halogens is 1. The first-order valence-electron chi connectivity index (χ1n) is 10.1. The van der Waals surface area contributed by atoms with Gasteiger partial charge in [0, 0.05) is 33.8 Å². The van der Waals surface area contributed by atoms with Gasteiger partial charge in [-0.2, -0.15) is 4.98 Å². The fourth-order valence-electron chi connectivity index (χ4n) is 4.32. The van der Waals surface area contributed by atoms with Crippen LogP contribution in [-0.2, 0) is 4.79 Å². The van der Waals surface area contributed by atoms with Crippen molar-refractivity contribution in [1.82, 2.24) is 14.8 Å². The SMILES string of the molecule is COc1cccc(C2C3=C(CCCC3=O)Nc3nc(-c4cccc(Cl)c4)nn32)c1OC. The van der Waals surface area contributed by atoms with Gasteiger partial charge < -0.3 is 14.8 Å². The van der Waals surface area contributed by atoms with Gasteiger partial charge >= 0.3 is 0 Å². The molecule has 1 aliphatic heterocycles. The number of hydrogen-bond donors (Lipinski definition) is 1. The van der Waals surface area contributed by atoms with Crippen LogP contribution in [0.3, 0.4) is 0 Å². The number of carbonyl (C=O) groups excluding carboxylic acids is 1. The van der Waals surface area contributed by atoms with Crippen LogP contribution in [0.15, 0.2) is 53.7 Å². The van der Waals surface area contributed by atoms with Gasteiger partial charge in [-0.15, -0.1) is 5.10 Å². The second-order valence-electron chi connectivity index (χ2n) is 7.49. The number of rotatable bonds is 4. The van der Waals surface area contributed by atoms with Gasteiger partial charge in [-0.1, -0.05) is 35.9 Å². The van der Waals surface area contributed by atoms with Gasteiger partial charge in [-0.3, -0.25) is 4.79 Å². The van der Waals surface area contributed by atoms with Crippen molar-refractivity contribution in [2.24, 2.45) is 0 Å². The van der Waals surface area contributed by atoms with Crippen LogP contribution >= 0.6 is 11.6 Å². The lowest BCUT2D eigenvalue weighted by Gasteiger charge is -2.32. The summed E-state index contributed by atoms with van der Waals surface area (Å²) in [4.78, 5) is 17.8. The minimum absolute atomic E-state index is 0.106. The fraction of sp³-hybridized carbons (Fsp3) is 0.261. The zero-order valence-corrected chi connectivity index (χ0v) is 17.9. The number of ketones is 1. The highest BCUT2D eigenvalue weighted by Gasteiger charge is 2.38. The smallest absolute Gasteiger partial charge is 0.226 e. The summed E-state index contributed by atoms with van der Waals surface area (Å²) in [5.74, 6) is 2.39. The van der Waals surface area contributed by atoms with E-state index in [0.717, 1.165) is 29.7 Å². The number of anilines is 1. The zero-order chi connectivity index (χ0) is 21.5. The van der Waals surface area contributed by atoms with E-state index in [2.05, 4.69) is 5.32 Å². The number of hydrogen-bond acceptors (Lipinski definition) is 6. The Morgan fingerprint density at radius 3 is 2.74 bits per heavy atom. The Bertz CT molecular complexity index is 1220. The molecule has 0 radical (unpaired) electrons. The number of nitrogens with zero attached hydrogens (tertiary/aromatic N) is 3. The van der Waals surface area contributed by atoms with Crippen LogP contribution in [0, 0.1) is 0 Å². The molecular formula is C23H21ClN4O3. The van der Waals surface area contributed by atoms with Crippen LogP contribution in [-0.4, -0.2) is 34.8 Å². The van der Waals surface area contributed by atoms with E-state index < -0.39 is 6.04 Å². The molecule has 3 aromatic rings. The van der Waals surface area contributed by atoms with Crippen LogP contribution in [0.1, 0.15) is 30.9 Å². The predicted octanol–water partition coefficient (Wildman–Crippen LogP) is 4.64. The van der Waals surface area contributed by atoms with E-state index in [1.165, 1.54) is 0 Å². The lowest BCUT2D eigenvalue weighted by Crippen LogP contribution is -2.31. The minimum atomic E-state index is -0.468. The number of fused-ring (bicyclic) bond motifs is 1. The number of benzene rings is 2. The topological polar surface area (TPSA) is 78.3 Å². The summed E-state index contributed by atoms with van der Waals surface area (Å²) in [6, 6.07) is 12.6. The highest BCUT2D eigenvalue weighted by molar-refractivity contribution is 6.30. The number of para-hydroxylation sites is 1. The highest BCUT2D eigenvalue weighted by Crippen LogP contribution is 2.45. The number of methoxy groups -OCH3 is 2. The second-order valence-corrected chi connectivity index (χ2v) is 7.93. The molecule has 1 aromatic heterocycles. The molecule has 0 saturated heterocycles. The van der Waals surface area contributed by atoms with Crippen LogP contribution in [0.5, 0.6) is 11.5 Å². The Labute approximate surface area is 184 Å². The van der Waals surface area contributed by atoms with Crippen molar-refractivity contribution in [3.05, 3.63) is 64.3 Å². The first-order chi connectivity index (χ1) is 15.1. The van der Waals surface area contributed by atoms with Gasteiger partial charge in [0.25, 0.3) is 0 Å². The maximum Gasteiger partial charge on any atom is 0.226 e. The second kappa shape index (κ2) is 7.74. The van der Waals surface area contributed by atoms with Gasteiger partial charge in [0.2, 0.25) is 5.95 Å². The third kappa shape index (κ3) is 3.25. The Hall–Kier alpha value is -3.32. The maximum atomic E-state index is 13.0. The maximum absolute atomic E-state index is 13.0. The van der Waals surface area contributed by atoms with E-state index in [0.29, 0.717) is 40.3 Å². The van der Waals surface area contributed by atoms with E-state index in [1.54, 1.807) is 18.9 Å². The van der Waals surface area contributed by atoms with Crippen molar-refractivity contribution >= 4 is 23.3 Å². The molecule has 1 N–H and O–H groups in total. The fourth-order valence-corrected chi connectivity index (χ4v) is 4.51. The summed E-state index contributed by atoms with van der Waals surface area (Å²) in [7, 11) is 3.19. The molecule has 7 nitrogen and oxygen atoms in total. The van der Waals surface area contributed by atoms with Crippen molar-refractivity contribution < 1.29 is 14.3 Å². The summed E-state index contributed by atoms with van der Waals surface area (Å²) in [6.07, 6.45) is 2.10. The predicted molar refractivity (Wildman–Crippen MR) is 118 cm³/mol. The summed E-state index contributed by atoms with van der Waals surface area (Å²) >= 11 is 6.18. The molecule has 1 unspecified atom stereocenters. The molecule has 5 rings (SSSR count). The van der Waals surface area contributed by atoms with E-state index in [4.69, 9.17) is 31.2 Å². The standard InChI is InChI=1S/C23H21ClN4O3/c1-30-18-11-4-8-15(21(18)31-2)20-19-16(9-5-10-17(19)29)25-23-26-22(27-28(20)23)13-6-3-7-14(24)12-13/h3-4,6-8,11-12,20H,5,9-10H2,1-2H3,(H,25,26,27). The molecule has 0 fully saturated rings. The molecule has 1 aliphatic carbocycles. The molecule has 8 heteroatoms. The third-order valence-corrected chi connectivity index (χ3v) is 5.91. The molecular weight excluding hydrogens is 416 g/mol. The summed E-state index contributed by atoms with van der Waals surface area (Å²) in [5, 5.41) is 8.73. The van der Waals surface area contributed by atoms with Crippen LogP contribution in [0.2, 0.25) is 5.02 Å². The van der Waals surface area contributed by atoms with Crippen LogP contribution in [0.4, 0.5) is 5.95 Å².